The molecule has 1 atom stereocenters. The smallest absolute Gasteiger partial charge is 0.320 e. The summed E-state index contributed by atoms with van der Waals surface area (Å²) < 4.78 is 59.9. The summed E-state index contributed by atoms with van der Waals surface area (Å²) in [6.07, 6.45) is 1.60. The van der Waals surface area contributed by atoms with Gasteiger partial charge in [0, 0.05) is 17.5 Å². The third-order valence-corrected chi connectivity index (χ3v) is 6.51. The number of ether oxygens (including phenoxy) is 4. The van der Waals surface area contributed by atoms with Crippen molar-refractivity contribution in [1.82, 2.24) is 0 Å². The highest BCUT2D eigenvalue weighted by Gasteiger charge is 2.18. The summed E-state index contributed by atoms with van der Waals surface area (Å²) in [6.45, 7) is 0. The minimum atomic E-state index is -4.14. The lowest BCUT2D eigenvalue weighted by Crippen LogP contribution is -2.22. The van der Waals surface area contributed by atoms with Gasteiger partial charge in [0.15, 0.2) is 5.75 Å². The van der Waals surface area contributed by atoms with Crippen LogP contribution in [-0.2, 0) is 31.4 Å². The minimum absolute atomic E-state index is 0.0516. The van der Waals surface area contributed by atoms with Crippen molar-refractivity contribution in [2.24, 2.45) is 0 Å². The second kappa shape index (κ2) is 11.6. The molecule has 0 aromatic heterocycles. The van der Waals surface area contributed by atoms with Crippen molar-refractivity contribution in [1.29, 1.82) is 0 Å². The van der Waals surface area contributed by atoms with Crippen LogP contribution in [-0.4, -0.2) is 57.9 Å². The lowest BCUT2D eigenvalue weighted by molar-refractivity contribution is -0.134. The lowest BCUT2D eigenvalue weighted by Gasteiger charge is -2.13. The third kappa shape index (κ3) is 7.39. The molecular weight excluding hydrogens is 474 g/mol. The van der Waals surface area contributed by atoms with Crippen LogP contribution in [0.1, 0.15) is 11.1 Å². The van der Waals surface area contributed by atoms with E-state index in [4.69, 9.17) is 24.1 Å². The average Bonchev–Trinajstić information content (AvgIpc) is 2.75. The van der Waals surface area contributed by atoms with E-state index in [0.29, 0.717) is 28.4 Å². The van der Waals surface area contributed by atoms with Crippen molar-refractivity contribution in [3.8, 4) is 23.0 Å². The molecule has 0 aliphatic carbocycles. The summed E-state index contributed by atoms with van der Waals surface area (Å²) in [4.78, 5) is 10.8. The fourth-order valence-electron chi connectivity index (χ4n) is 2.84. The molecule has 12 heteroatoms. The highest BCUT2D eigenvalue weighted by atomic mass is 32.2. The summed E-state index contributed by atoms with van der Waals surface area (Å²) in [6, 6.07) is 7.92. The molecule has 180 valence electrons. The molecule has 0 saturated heterocycles. The number of aliphatic carboxylic acids is 1. The Morgan fingerprint density at radius 3 is 2.12 bits per heavy atom. The second-order valence-electron chi connectivity index (χ2n) is 6.56. The van der Waals surface area contributed by atoms with Crippen molar-refractivity contribution in [3.63, 3.8) is 0 Å². The van der Waals surface area contributed by atoms with Gasteiger partial charge in [-0.1, -0.05) is 6.07 Å². The van der Waals surface area contributed by atoms with Gasteiger partial charge < -0.3 is 24.1 Å². The standard InChI is InChI=1S/C21H25NO9S2/c1-28-15-10-19(30-3)16(20(11-15)31-4)7-8-32(25)12-14-5-6-18(29-2)17(9-14)22-33(26,27)13-21(23)24/h5-11,22H,12-13H2,1-4H3,(H,23,24)/b8-7+. The van der Waals surface area contributed by atoms with E-state index in [-0.39, 0.29) is 17.2 Å². The van der Waals surface area contributed by atoms with Crippen LogP contribution in [0.4, 0.5) is 5.69 Å². The Labute approximate surface area is 194 Å². The van der Waals surface area contributed by atoms with E-state index in [1.165, 1.54) is 46.0 Å². The van der Waals surface area contributed by atoms with E-state index >= 15 is 0 Å². The van der Waals surface area contributed by atoms with Gasteiger partial charge in [-0.05, 0) is 23.8 Å². The topological polar surface area (TPSA) is 137 Å². The molecule has 1 unspecified atom stereocenters. The number of anilines is 1. The molecule has 0 saturated carbocycles. The van der Waals surface area contributed by atoms with Crippen LogP contribution in [0.15, 0.2) is 35.7 Å². The quantitative estimate of drug-likeness (QED) is 0.451. The number of carbonyl (C=O) groups is 1. The fraction of sp³-hybridized carbons (Fsp3) is 0.286. The maximum atomic E-state index is 12.7. The van der Waals surface area contributed by atoms with Crippen LogP contribution in [0.25, 0.3) is 6.08 Å². The number of rotatable bonds is 12. The van der Waals surface area contributed by atoms with E-state index in [9.17, 15) is 17.4 Å². The van der Waals surface area contributed by atoms with Gasteiger partial charge in [-0.3, -0.25) is 13.7 Å². The van der Waals surface area contributed by atoms with E-state index in [1.807, 2.05) is 0 Å². The first-order chi connectivity index (χ1) is 15.6. The Hall–Kier alpha value is -3.25. The minimum Gasteiger partial charge on any atom is -0.496 e. The number of hydrogen-bond acceptors (Lipinski definition) is 8. The molecule has 0 aliphatic heterocycles. The highest BCUT2D eigenvalue weighted by Crippen LogP contribution is 2.35. The maximum Gasteiger partial charge on any atom is 0.320 e. The molecule has 2 aromatic carbocycles. The zero-order valence-corrected chi connectivity index (χ0v) is 20.1. The zero-order chi connectivity index (χ0) is 24.6. The molecule has 0 aliphatic rings. The Morgan fingerprint density at radius 1 is 1.00 bits per heavy atom. The van der Waals surface area contributed by atoms with Gasteiger partial charge in [-0.15, -0.1) is 0 Å². The SMILES string of the molecule is COc1cc(OC)c(/C=C/S(=O)Cc2ccc(OC)c(NS(=O)(=O)CC(=O)O)c2)c(OC)c1. The van der Waals surface area contributed by atoms with Gasteiger partial charge in [-0.25, -0.2) is 8.42 Å². The summed E-state index contributed by atoms with van der Waals surface area (Å²) in [5.74, 6) is -0.846. The molecule has 0 fully saturated rings. The predicted molar refractivity (Wildman–Crippen MR) is 125 cm³/mol. The van der Waals surface area contributed by atoms with Crippen molar-refractivity contribution >= 4 is 38.6 Å². The van der Waals surface area contributed by atoms with E-state index in [1.54, 1.807) is 24.3 Å². The molecule has 0 bridgehead atoms. The maximum absolute atomic E-state index is 12.7. The third-order valence-electron chi connectivity index (χ3n) is 4.29. The monoisotopic (exact) mass is 499 g/mol. The van der Waals surface area contributed by atoms with E-state index in [2.05, 4.69) is 4.72 Å². The molecule has 2 N–H and O–H groups in total. The summed E-state index contributed by atoms with van der Waals surface area (Å²) in [7, 11) is 0.231. The molecule has 0 spiro atoms. The van der Waals surface area contributed by atoms with Gasteiger partial charge in [0.1, 0.15) is 23.0 Å². The van der Waals surface area contributed by atoms with Crippen molar-refractivity contribution in [2.75, 3.05) is 38.9 Å². The number of hydrogen-bond donors (Lipinski definition) is 2. The summed E-state index contributed by atoms with van der Waals surface area (Å²) >= 11 is 0. The number of carboxylic acid groups (broad SMARTS) is 1. The van der Waals surface area contributed by atoms with Crippen LogP contribution >= 0.6 is 0 Å². The summed E-state index contributed by atoms with van der Waals surface area (Å²) in [5, 5.41) is 10.2. The largest absolute Gasteiger partial charge is 0.496 e. The first kappa shape index (κ1) is 26.0. The van der Waals surface area contributed by atoms with Gasteiger partial charge in [0.25, 0.3) is 0 Å². The number of methoxy groups -OCH3 is 4. The number of carboxylic acids is 1. The average molecular weight is 500 g/mol. The molecule has 2 aromatic rings. The molecule has 2 rings (SSSR count). The van der Waals surface area contributed by atoms with Gasteiger partial charge in [-0.2, -0.15) is 0 Å². The molecule has 0 radical (unpaired) electrons. The Kier molecular flexibility index (Phi) is 9.12. The fourth-order valence-corrected chi connectivity index (χ4v) is 4.63. The number of sulfonamides is 1. The molecule has 33 heavy (non-hydrogen) atoms. The van der Waals surface area contributed by atoms with Crippen molar-refractivity contribution < 1.29 is 41.5 Å². The Morgan fingerprint density at radius 2 is 1.61 bits per heavy atom. The first-order valence-electron chi connectivity index (χ1n) is 9.37. The normalized spacial score (nSPS) is 12.2. The highest BCUT2D eigenvalue weighted by molar-refractivity contribution is 7.93. The number of nitrogens with one attached hydrogen (secondary N) is 1. The molecular formula is C21H25NO9S2. The van der Waals surface area contributed by atoms with E-state index < -0.39 is 32.5 Å². The Bertz CT molecular complexity index is 1140. The van der Waals surface area contributed by atoms with Crippen LogP contribution in [0.2, 0.25) is 0 Å². The van der Waals surface area contributed by atoms with Gasteiger partial charge in [0.2, 0.25) is 10.0 Å². The Balaban J connectivity index is 2.26. The second-order valence-corrected chi connectivity index (χ2v) is 9.61. The molecule has 0 heterocycles. The van der Waals surface area contributed by atoms with Gasteiger partial charge in [0.05, 0.1) is 56.2 Å². The van der Waals surface area contributed by atoms with Crippen molar-refractivity contribution in [2.45, 2.75) is 5.75 Å². The van der Waals surface area contributed by atoms with Crippen LogP contribution in [0, 0.1) is 0 Å². The summed E-state index contributed by atoms with van der Waals surface area (Å²) in [5.41, 5.74) is 1.17. The van der Waals surface area contributed by atoms with Crippen molar-refractivity contribution in [3.05, 3.63) is 46.9 Å². The predicted octanol–water partition coefficient (Wildman–Crippen LogP) is 2.47. The number of benzene rings is 2. The first-order valence-corrected chi connectivity index (χ1v) is 12.4. The van der Waals surface area contributed by atoms with E-state index in [0.717, 1.165) is 0 Å². The molecule has 0 amide bonds. The van der Waals surface area contributed by atoms with Crippen LogP contribution in [0.3, 0.4) is 0 Å². The van der Waals surface area contributed by atoms with Gasteiger partial charge >= 0.3 is 5.97 Å². The zero-order valence-electron chi connectivity index (χ0n) is 18.5. The molecule has 10 nitrogen and oxygen atoms in total. The van der Waals surface area contributed by atoms with Crippen LogP contribution in [0.5, 0.6) is 23.0 Å². The van der Waals surface area contributed by atoms with Crippen LogP contribution < -0.4 is 23.7 Å². The lowest BCUT2D eigenvalue weighted by atomic mass is 10.1.